The molecule has 0 spiro atoms. The Morgan fingerprint density at radius 2 is 2.06 bits per heavy atom. The number of nitrogens with one attached hydrogen (secondary N) is 1. The summed E-state index contributed by atoms with van der Waals surface area (Å²) < 4.78 is 0. The summed E-state index contributed by atoms with van der Waals surface area (Å²) in [5, 5.41) is 5.18. The minimum Gasteiger partial charge on any atom is -0.313 e. The van der Waals surface area contributed by atoms with E-state index in [1.807, 2.05) is 12.1 Å². The molecule has 3 rings (SSSR count). The lowest BCUT2D eigenvalue weighted by Gasteiger charge is -2.19. The van der Waals surface area contributed by atoms with E-state index in [0.29, 0.717) is 5.92 Å². The highest BCUT2D eigenvalue weighted by Gasteiger charge is 2.53. The fourth-order valence-corrected chi connectivity index (χ4v) is 3.31. The summed E-state index contributed by atoms with van der Waals surface area (Å²) in [7, 11) is 0. The number of rotatable bonds is 4. The van der Waals surface area contributed by atoms with E-state index in [2.05, 4.69) is 18.3 Å². The van der Waals surface area contributed by atoms with Gasteiger partial charge in [-0.3, -0.25) is 0 Å². The molecule has 2 aliphatic rings. The maximum atomic E-state index is 6.34. The third-order valence-electron chi connectivity index (χ3n) is 4.20. The van der Waals surface area contributed by atoms with Crippen LogP contribution >= 0.6 is 23.2 Å². The van der Waals surface area contributed by atoms with Gasteiger partial charge in [-0.25, -0.2) is 0 Å². The Labute approximate surface area is 112 Å². The van der Waals surface area contributed by atoms with Crippen molar-refractivity contribution in [1.82, 2.24) is 5.32 Å². The highest BCUT2D eigenvalue weighted by Crippen LogP contribution is 2.55. The van der Waals surface area contributed by atoms with Gasteiger partial charge in [0.25, 0.3) is 0 Å². The van der Waals surface area contributed by atoms with Crippen molar-refractivity contribution in [3.05, 3.63) is 33.8 Å². The maximum Gasteiger partial charge on any atom is 0.0459 e. The highest BCUT2D eigenvalue weighted by atomic mass is 35.5. The second kappa shape index (κ2) is 4.15. The van der Waals surface area contributed by atoms with Crippen LogP contribution in [-0.4, -0.2) is 12.6 Å². The van der Waals surface area contributed by atoms with Crippen LogP contribution in [0.5, 0.6) is 0 Å². The first-order valence-corrected chi connectivity index (χ1v) is 7.06. The molecular formula is C14H17Cl2N. The second-order valence-electron chi connectivity index (χ2n) is 5.54. The minimum absolute atomic E-state index is 0.254. The fraction of sp³-hybridized carbons (Fsp3) is 0.571. The Hall–Kier alpha value is -0.240. The molecule has 0 aliphatic heterocycles. The van der Waals surface area contributed by atoms with Gasteiger partial charge in [0.05, 0.1) is 0 Å². The largest absolute Gasteiger partial charge is 0.313 e. The van der Waals surface area contributed by atoms with Crippen LogP contribution in [0.15, 0.2) is 18.2 Å². The molecule has 0 saturated heterocycles. The van der Waals surface area contributed by atoms with Gasteiger partial charge in [0.1, 0.15) is 0 Å². The van der Waals surface area contributed by atoms with Gasteiger partial charge in [-0.1, -0.05) is 36.2 Å². The molecule has 2 saturated carbocycles. The lowest BCUT2D eigenvalue weighted by atomic mass is 9.93. The van der Waals surface area contributed by atoms with E-state index in [1.54, 1.807) is 0 Å². The van der Waals surface area contributed by atoms with Crippen molar-refractivity contribution >= 4 is 23.2 Å². The van der Waals surface area contributed by atoms with Crippen molar-refractivity contribution in [3.63, 3.8) is 0 Å². The van der Waals surface area contributed by atoms with Gasteiger partial charge in [-0.2, -0.15) is 0 Å². The van der Waals surface area contributed by atoms with Crippen LogP contribution in [0.4, 0.5) is 0 Å². The molecule has 2 atom stereocenters. The topological polar surface area (TPSA) is 12.0 Å². The number of benzene rings is 1. The molecule has 1 aromatic carbocycles. The van der Waals surface area contributed by atoms with Crippen LogP contribution < -0.4 is 5.32 Å². The maximum absolute atomic E-state index is 6.34. The quantitative estimate of drug-likeness (QED) is 0.871. The zero-order valence-electron chi connectivity index (χ0n) is 9.97. The molecule has 0 bridgehead atoms. The van der Waals surface area contributed by atoms with E-state index in [-0.39, 0.29) is 5.41 Å². The predicted molar refractivity (Wildman–Crippen MR) is 72.9 cm³/mol. The molecular weight excluding hydrogens is 253 g/mol. The van der Waals surface area contributed by atoms with Gasteiger partial charge >= 0.3 is 0 Å². The van der Waals surface area contributed by atoms with Gasteiger partial charge in [0.2, 0.25) is 0 Å². The zero-order chi connectivity index (χ0) is 12.0. The van der Waals surface area contributed by atoms with E-state index in [4.69, 9.17) is 23.2 Å². The molecule has 3 heteroatoms. The van der Waals surface area contributed by atoms with Crippen molar-refractivity contribution < 1.29 is 0 Å². The van der Waals surface area contributed by atoms with Crippen LogP contribution in [-0.2, 0) is 5.41 Å². The van der Waals surface area contributed by atoms with Crippen LogP contribution in [0.2, 0.25) is 10.0 Å². The molecule has 17 heavy (non-hydrogen) atoms. The molecule has 1 N–H and O–H groups in total. The van der Waals surface area contributed by atoms with Crippen LogP contribution in [0.25, 0.3) is 0 Å². The Kier molecular flexibility index (Phi) is 2.89. The first-order chi connectivity index (χ1) is 8.12. The Balaban J connectivity index is 1.83. The fourth-order valence-electron chi connectivity index (χ4n) is 2.71. The third kappa shape index (κ3) is 2.21. The van der Waals surface area contributed by atoms with E-state index in [0.717, 1.165) is 22.6 Å². The average molecular weight is 270 g/mol. The number of hydrogen-bond donors (Lipinski definition) is 1. The molecule has 0 heterocycles. The van der Waals surface area contributed by atoms with Gasteiger partial charge in [-0.05, 0) is 42.9 Å². The van der Waals surface area contributed by atoms with Gasteiger partial charge in [0.15, 0.2) is 0 Å². The summed E-state index contributed by atoms with van der Waals surface area (Å²) in [5.74, 6) is 0.715. The zero-order valence-corrected chi connectivity index (χ0v) is 11.5. The first kappa shape index (κ1) is 11.8. The molecule has 92 valence electrons. The van der Waals surface area contributed by atoms with Crippen molar-refractivity contribution in [2.75, 3.05) is 6.54 Å². The second-order valence-corrected chi connectivity index (χ2v) is 6.38. The van der Waals surface area contributed by atoms with Gasteiger partial charge in [0, 0.05) is 28.0 Å². The van der Waals surface area contributed by atoms with E-state index >= 15 is 0 Å². The van der Waals surface area contributed by atoms with Crippen molar-refractivity contribution in [3.8, 4) is 0 Å². The smallest absolute Gasteiger partial charge is 0.0459 e. The standard InChI is InChI=1S/C14H17Cl2N/c1-9-7-14(9,8-17-11-3-4-11)12-5-2-10(15)6-13(12)16/h2,5-6,9,11,17H,3-4,7-8H2,1H3. The predicted octanol–water partition coefficient (Wildman–Crippen LogP) is 4.02. The molecule has 2 unspecified atom stereocenters. The SMILES string of the molecule is CC1CC1(CNC1CC1)c1ccc(Cl)cc1Cl. The van der Waals surface area contributed by atoms with E-state index < -0.39 is 0 Å². The lowest BCUT2D eigenvalue weighted by molar-refractivity contribution is 0.541. The van der Waals surface area contributed by atoms with E-state index in [9.17, 15) is 0 Å². The Morgan fingerprint density at radius 3 is 2.59 bits per heavy atom. The summed E-state index contributed by atoms with van der Waals surface area (Å²) in [4.78, 5) is 0. The highest BCUT2D eigenvalue weighted by molar-refractivity contribution is 6.35. The van der Waals surface area contributed by atoms with Crippen LogP contribution in [0.3, 0.4) is 0 Å². The summed E-state index contributed by atoms with van der Waals surface area (Å²) in [6.45, 7) is 3.36. The van der Waals surface area contributed by atoms with Crippen LogP contribution in [0, 0.1) is 5.92 Å². The minimum atomic E-state index is 0.254. The Morgan fingerprint density at radius 1 is 1.35 bits per heavy atom. The van der Waals surface area contributed by atoms with Crippen LogP contribution in [0.1, 0.15) is 31.7 Å². The van der Waals surface area contributed by atoms with Gasteiger partial charge in [-0.15, -0.1) is 0 Å². The van der Waals surface area contributed by atoms with Gasteiger partial charge < -0.3 is 5.32 Å². The number of halogens is 2. The summed E-state index contributed by atoms with van der Waals surface area (Å²) in [5.41, 5.74) is 1.52. The van der Waals surface area contributed by atoms with Crippen molar-refractivity contribution in [2.45, 2.75) is 37.6 Å². The number of hydrogen-bond acceptors (Lipinski definition) is 1. The molecule has 1 aromatic rings. The van der Waals surface area contributed by atoms with E-state index in [1.165, 1.54) is 24.8 Å². The Bertz CT molecular complexity index is 442. The third-order valence-corrected chi connectivity index (χ3v) is 4.75. The molecule has 0 radical (unpaired) electrons. The normalized spacial score (nSPS) is 31.6. The molecule has 2 aliphatic carbocycles. The molecule has 0 amide bonds. The lowest BCUT2D eigenvalue weighted by Crippen LogP contribution is -2.30. The summed E-state index contributed by atoms with van der Waals surface area (Å²) >= 11 is 12.3. The summed E-state index contributed by atoms with van der Waals surface area (Å²) in [6.07, 6.45) is 3.89. The van der Waals surface area contributed by atoms with Crippen molar-refractivity contribution in [1.29, 1.82) is 0 Å². The molecule has 0 aromatic heterocycles. The monoisotopic (exact) mass is 269 g/mol. The molecule has 2 fully saturated rings. The average Bonchev–Trinajstić information content (AvgIpc) is 3.14. The first-order valence-electron chi connectivity index (χ1n) is 6.31. The molecule has 1 nitrogen and oxygen atoms in total. The van der Waals surface area contributed by atoms with Crippen molar-refractivity contribution in [2.24, 2.45) is 5.92 Å². The summed E-state index contributed by atoms with van der Waals surface area (Å²) in [6, 6.07) is 6.67.